The van der Waals surface area contributed by atoms with Crippen LogP contribution in [0.4, 0.5) is 0 Å². The molecule has 0 bridgehead atoms. The van der Waals surface area contributed by atoms with Gasteiger partial charge in [-0.1, -0.05) is 69.2 Å². The first-order chi connectivity index (χ1) is 14.3. The van der Waals surface area contributed by atoms with E-state index in [-0.39, 0.29) is 11.3 Å². The van der Waals surface area contributed by atoms with Crippen LogP contribution in [0.5, 0.6) is 0 Å². The molecular weight excluding hydrogens is 374 g/mol. The molecule has 1 aliphatic heterocycles. The van der Waals surface area contributed by atoms with Gasteiger partial charge in [-0.3, -0.25) is 4.79 Å². The maximum absolute atomic E-state index is 13.1. The molecule has 0 radical (unpaired) electrons. The predicted octanol–water partition coefficient (Wildman–Crippen LogP) is 5.57. The highest BCUT2D eigenvalue weighted by Gasteiger charge is 2.25. The molecule has 1 saturated heterocycles. The molecule has 156 valence electrons. The summed E-state index contributed by atoms with van der Waals surface area (Å²) in [6, 6.07) is 15.7. The van der Waals surface area contributed by atoms with Gasteiger partial charge in [0.1, 0.15) is 0 Å². The molecule has 0 N–H and O–H groups in total. The van der Waals surface area contributed by atoms with E-state index in [2.05, 4.69) is 50.0 Å². The Balaban J connectivity index is 1.60. The minimum absolute atomic E-state index is 0.0341. The summed E-state index contributed by atoms with van der Waals surface area (Å²) < 4.78 is 5.57. The molecule has 1 fully saturated rings. The predicted molar refractivity (Wildman–Crippen MR) is 118 cm³/mol. The highest BCUT2D eigenvalue weighted by molar-refractivity contribution is 6.00. The largest absolute Gasteiger partial charge is 0.339 e. The Kier molecular flexibility index (Phi) is 5.46. The first-order valence-electron chi connectivity index (χ1n) is 10.7. The van der Waals surface area contributed by atoms with E-state index in [0.29, 0.717) is 28.8 Å². The SMILES string of the molecule is CC1CCN(C(=O)c2ccccc2-c2nc(-c3ccc(C(C)(C)C)cc3)no2)CC1. The molecule has 5 heteroatoms. The van der Waals surface area contributed by atoms with E-state index in [9.17, 15) is 4.79 Å². The molecule has 3 aromatic rings. The third-order valence-corrected chi connectivity index (χ3v) is 5.89. The minimum atomic E-state index is 0.0341. The molecule has 2 heterocycles. The lowest BCUT2D eigenvalue weighted by atomic mass is 9.87. The smallest absolute Gasteiger partial charge is 0.259 e. The number of aromatic nitrogens is 2. The number of likely N-dealkylation sites (tertiary alicyclic amines) is 1. The number of amides is 1. The van der Waals surface area contributed by atoms with Crippen LogP contribution < -0.4 is 0 Å². The number of hydrogen-bond donors (Lipinski definition) is 0. The van der Waals surface area contributed by atoms with Crippen molar-refractivity contribution in [3.05, 3.63) is 59.7 Å². The molecule has 1 amide bonds. The van der Waals surface area contributed by atoms with Crippen LogP contribution in [0.1, 0.15) is 56.5 Å². The fourth-order valence-corrected chi connectivity index (χ4v) is 3.81. The average molecular weight is 404 g/mol. The van der Waals surface area contributed by atoms with Gasteiger partial charge in [0.15, 0.2) is 0 Å². The van der Waals surface area contributed by atoms with Crippen LogP contribution in [-0.2, 0) is 5.41 Å². The van der Waals surface area contributed by atoms with Gasteiger partial charge < -0.3 is 9.42 Å². The van der Waals surface area contributed by atoms with Crippen molar-refractivity contribution in [3.63, 3.8) is 0 Å². The topological polar surface area (TPSA) is 59.2 Å². The zero-order valence-corrected chi connectivity index (χ0v) is 18.2. The number of piperidine rings is 1. The van der Waals surface area contributed by atoms with Crippen LogP contribution in [-0.4, -0.2) is 34.0 Å². The van der Waals surface area contributed by atoms with Crippen molar-refractivity contribution >= 4 is 5.91 Å². The molecule has 1 aromatic heterocycles. The van der Waals surface area contributed by atoms with Crippen molar-refractivity contribution in [1.29, 1.82) is 0 Å². The Morgan fingerprint density at radius 3 is 2.37 bits per heavy atom. The lowest BCUT2D eigenvalue weighted by Crippen LogP contribution is -2.38. The third-order valence-electron chi connectivity index (χ3n) is 5.89. The van der Waals surface area contributed by atoms with Crippen LogP contribution >= 0.6 is 0 Å². The molecule has 0 unspecified atom stereocenters. The summed E-state index contributed by atoms with van der Waals surface area (Å²) in [5.74, 6) is 1.61. The molecule has 0 saturated carbocycles. The zero-order chi connectivity index (χ0) is 21.3. The quantitative estimate of drug-likeness (QED) is 0.573. The number of benzene rings is 2. The van der Waals surface area contributed by atoms with Gasteiger partial charge in [0.2, 0.25) is 5.82 Å². The second-order valence-electron chi connectivity index (χ2n) is 9.27. The van der Waals surface area contributed by atoms with Gasteiger partial charge in [-0.15, -0.1) is 0 Å². The maximum atomic E-state index is 13.1. The van der Waals surface area contributed by atoms with Gasteiger partial charge in [-0.25, -0.2) is 0 Å². The molecular formula is C25H29N3O2. The van der Waals surface area contributed by atoms with Gasteiger partial charge in [0.05, 0.1) is 11.1 Å². The summed E-state index contributed by atoms with van der Waals surface area (Å²) in [6.07, 6.45) is 2.09. The Bertz CT molecular complexity index is 1020. The van der Waals surface area contributed by atoms with Gasteiger partial charge in [0, 0.05) is 18.7 Å². The third kappa shape index (κ3) is 4.16. The minimum Gasteiger partial charge on any atom is -0.339 e. The lowest BCUT2D eigenvalue weighted by Gasteiger charge is -2.30. The number of carbonyl (C=O) groups excluding carboxylic acids is 1. The van der Waals surface area contributed by atoms with Crippen molar-refractivity contribution in [3.8, 4) is 22.8 Å². The average Bonchev–Trinajstić information content (AvgIpc) is 3.23. The maximum Gasteiger partial charge on any atom is 0.259 e. The van der Waals surface area contributed by atoms with E-state index in [1.165, 1.54) is 5.56 Å². The molecule has 2 aromatic carbocycles. The second kappa shape index (κ2) is 8.05. The van der Waals surface area contributed by atoms with Gasteiger partial charge in [-0.2, -0.15) is 4.98 Å². The fourth-order valence-electron chi connectivity index (χ4n) is 3.81. The van der Waals surface area contributed by atoms with Gasteiger partial charge in [0.25, 0.3) is 11.8 Å². The summed E-state index contributed by atoms with van der Waals surface area (Å²) >= 11 is 0. The second-order valence-corrected chi connectivity index (χ2v) is 9.27. The Morgan fingerprint density at radius 1 is 1.03 bits per heavy atom. The van der Waals surface area contributed by atoms with Crippen LogP contribution in [0, 0.1) is 5.92 Å². The molecule has 0 aliphatic carbocycles. The van der Waals surface area contributed by atoms with E-state index in [1.807, 2.05) is 41.3 Å². The summed E-state index contributed by atoms with van der Waals surface area (Å²) in [7, 11) is 0. The van der Waals surface area contributed by atoms with Crippen LogP contribution in [0.25, 0.3) is 22.8 Å². The number of hydrogen-bond acceptors (Lipinski definition) is 4. The van der Waals surface area contributed by atoms with Gasteiger partial charge >= 0.3 is 0 Å². The van der Waals surface area contributed by atoms with E-state index in [0.717, 1.165) is 31.5 Å². The van der Waals surface area contributed by atoms with E-state index < -0.39 is 0 Å². The van der Waals surface area contributed by atoms with Crippen molar-refractivity contribution < 1.29 is 9.32 Å². The van der Waals surface area contributed by atoms with Crippen LogP contribution in [0.3, 0.4) is 0 Å². The first-order valence-corrected chi connectivity index (χ1v) is 10.7. The molecule has 5 nitrogen and oxygen atoms in total. The fraction of sp³-hybridized carbons (Fsp3) is 0.400. The van der Waals surface area contributed by atoms with Crippen molar-refractivity contribution in [1.82, 2.24) is 15.0 Å². The van der Waals surface area contributed by atoms with Crippen molar-refractivity contribution in [2.24, 2.45) is 5.92 Å². The molecule has 0 spiro atoms. The Labute approximate surface area is 178 Å². The summed E-state index contributed by atoms with van der Waals surface area (Å²) in [5.41, 5.74) is 3.54. The summed E-state index contributed by atoms with van der Waals surface area (Å²) in [5, 5.41) is 4.17. The van der Waals surface area contributed by atoms with Gasteiger partial charge in [-0.05, 0) is 41.9 Å². The van der Waals surface area contributed by atoms with Crippen LogP contribution in [0.15, 0.2) is 53.1 Å². The molecule has 0 atom stereocenters. The highest BCUT2D eigenvalue weighted by Crippen LogP contribution is 2.29. The van der Waals surface area contributed by atoms with E-state index >= 15 is 0 Å². The monoisotopic (exact) mass is 403 g/mol. The first kappa shape index (κ1) is 20.3. The zero-order valence-electron chi connectivity index (χ0n) is 18.2. The van der Waals surface area contributed by atoms with Crippen molar-refractivity contribution in [2.75, 3.05) is 13.1 Å². The van der Waals surface area contributed by atoms with Crippen molar-refractivity contribution in [2.45, 2.75) is 46.0 Å². The molecule has 1 aliphatic rings. The highest BCUT2D eigenvalue weighted by atomic mass is 16.5. The number of rotatable bonds is 3. The lowest BCUT2D eigenvalue weighted by molar-refractivity contribution is 0.0697. The molecule has 30 heavy (non-hydrogen) atoms. The Morgan fingerprint density at radius 2 is 1.70 bits per heavy atom. The summed E-state index contributed by atoms with van der Waals surface area (Å²) in [6.45, 7) is 10.4. The van der Waals surface area contributed by atoms with E-state index in [1.54, 1.807) is 0 Å². The molecule has 4 rings (SSSR count). The number of nitrogens with zero attached hydrogens (tertiary/aromatic N) is 3. The number of carbonyl (C=O) groups is 1. The summed E-state index contributed by atoms with van der Waals surface area (Å²) in [4.78, 5) is 19.7. The standard InChI is InChI=1S/C25H29N3O2/c1-17-13-15-28(16-14-17)24(29)21-8-6-5-7-20(21)23-26-22(27-30-23)18-9-11-19(12-10-18)25(2,3)4/h5-12,17H,13-16H2,1-4H3. The Hall–Kier alpha value is -2.95. The normalized spacial score (nSPS) is 15.4. The van der Waals surface area contributed by atoms with E-state index in [4.69, 9.17) is 4.52 Å². The van der Waals surface area contributed by atoms with Crippen LogP contribution in [0.2, 0.25) is 0 Å².